The molecule has 6 heteroatoms. The molecule has 0 radical (unpaired) electrons. The summed E-state index contributed by atoms with van der Waals surface area (Å²) in [5, 5.41) is 2.96. The van der Waals surface area contributed by atoms with Crippen molar-refractivity contribution in [1.29, 1.82) is 0 Å². The van der Waals surface area contributed by atoms with E-state index in [1.165, 1.54) is 0 Å². The van der Waals surface area contributed by atoms with E-state index in [1.54, 1.807) is 31.5 Å². The summed E-state index contributed by atoms with van der Waals surface area (Å²) in [6, 6.07) is 16.8. The molecule has 0 aliphatic carbocycles. The first kappa shape index (κ1) is 18.7. The number of amides is 1. The molecule has 140 valence electrons. The third-order valence-corrected chi connectivity index (χ3v) is 4.09. The summed E-state index contributed by atoms with van der Waals surface area (Å²) >= 11 is 0. The molecule has 0 saturated carbocycles. The number of carbonyl (C=O) groups excluding carboxylic acids is 1. The van der Waals surface area contributed by atoms with E-state index in [4.69, 9.17) is 9.47 Å². The highest BCUT2D eigenvalue weighted by molar-refractivity contribution is 5.94. The Morgan fingerprint density at radius 3 is 2.74 bits per heavy atom. The summed E-state index contributed by atoms with van der Waals surface area (Å²) in [6.07, 6.45) is 1.78. The number of hydrogen-bond donors (Lipinski definition) is 2. The quantitative estimate of drug-likeness (QED) is 0.598. The van der Waals surface area contributed by atoms with Crippen LogP contribution >= 0.6 is 0 Å². The predicted molar refractivity (Wildman–Crippen MR) is 104 cm³/mol. The molecule has 0 saturated heterocycles. The van der Waals surface area contributed by atoms with Crippen LogP contribution in [-0.2, 0) is 4.74 Å². The van der Waals surface area contributed by atoms with E-state index in [-0.39, 0.29) is 11.9 Å². The van der Waals surface area contributed by atoms with Crippen LogP contribution in [0.1, 0.15) is 29.1 Å². The minimum atomic E-state index is -0.256. The first-order valence-electron chi connectivity index (χ1n) is 8.80. The highest BCUT2D eigenvalue weighted by Crippen LogP contribution is 2.19. The molecule has 27 heavy (non-hydrogen) atoms. The van der Waals surface area contributed by atoms with Crippen molar-refractivity contribution in [2.75, 3.05) is 20.3 Å². The number of imidazole rings is 1. The summed E-state index contributed by atoms with van der Waals surface area (Å²) in [5.74, 6) is 1.16. The lowest BCUT2D eigenvalue weighted by Gasteiger charge is -2.12. The van der Waals surface area contributed by atoms with E-state index in [9.17, 15) is 4.79 Å². The Balaban J connectivity index is 1.64. The second kappa shape index (κ2) is 9.00. The van der Waals surface area contributed by atoms with Crippen molar-refractivity contribution >= 4 is 5.91 Å². The third-order valence-electron chi connectivity index (χ3n) is 4.09. The van der Waals surface area contributed by atoms with Gasteiger partial charge in [0.25, 0.3) is 5.91 Å². The molecule has 3 rings (SSSR count). The number of ether oxygens (including phenoxy) is 2. The Kier molecular flexibility index (Phi) is 6.22. The van der Waals surface area contributed by atoms with E-state index in [1.807, 2.05) is 43.3 Å². The van der Waals surface area contributed by atoms with Crippen molar-refractivity contribution in [2.24, 2.45) is 0 Å². The van der Waals surface area contributed by atoms with Gasteiger partial charge < -0.3 is 19.8 Å². The van der Waals surface area contributed by atoms with Gasteiger partial charge in [-0.15, -0.1) is 0 Å². The van der Waals surface area contributed by atoms with Gasteiger partial charge in [-0.3, -0.25) is 4.79 Å². The number of carbonyl (C=O) groups is 1. The number of H-pyrrole nitrogens is 1. The van der Waals surface area contributed by atoms with Crippen molar-refractivity contribution < 1.29 is 14.3 Å². The van der Waals surface area contributed by atoms with Crippen LogP contribution in [0.25, 0.3) is 11.3 Å². The van der Waals surface area contributed by atoms with E-state index in [0.717, 1.165) is 11.3 Å². The molecular formula is C21H23N3O3. The van der Waals surface area contributed by atoms with Gasteiger partial charge in [0, 0.05) is 12.7 Å². The second-order valence-electron chi connectivity index (χ2n) is 6.11. The Bertz CT molecular complexity index is 877. The molecule has 1 amide bonds. The molecule has 0 fully saturated rings. The van der Waals surface area contributed by atoms with Crippen molar-refractivity contribution in [3.05, 3.63) is 72.2 Å². The molecule has 3 aromatic rings. The number of benzene rings is 2. The summed E-state index contributed by atoms with van der Waals surface area (Å²) in [6.45, 7) is 2.83. The van der Waals surface area contributed by atoms with E-state index in [2.05, 4.69) is 15.3 Å². The number of nitrogens with zero attached hydrogens (tertiary/aromatic N) is 1. The maximum absolute atomic E-state index is 12.6. The number of aromatic amines is 1. The molecule has 1 unspecified atom stereocenters. The van der Waals surface area contributed by atoms with Crippen LogP contribution in [0.5, 0.6) is 5.75 Å². The zero-order chi connectivity index (χ0) is 19.1. The maximum atomic E-state index is 12.6. The SMILES string of the molecule is COCCOc1cccc(C(=O)NC(C)c2ncc(-c3ccccc3)[nH]2)c1. The van der Waals surface area contributed by atoms with Crippen LogP contribution < -0.4 is 10.1 Å². The maximum Gasteiger partial charge on any atom is 0.251 e. The molecule has 1 heterocycles. The van der Waals surface area contributed by atoms with Crippen LogP contribution in [-0.4, -0.2) is 36.2 Å². The van der Waals surface area contributed by atoms with Crippen molar-refractivity contribution in [2.45, 2.75) is 13.0 Å². The molecule has 6 nitrogen and oxygen atoms in total. The number of nitrogens with one attached hydrogen (secondary N) is 2. The van der Waals surface area contributed by atoms with Crippen molar-refractivity contribution in [3.63, 3.8) is 0 Å². The first-order valence-corrected chi connectivity index (χ1v) is 8.80. The Hall–Kier alpha value is -3.12. The van der Waals surface area contributed by atoms with Gasteiger partial charge in [0.05, 0.1) is 24.5 Å². The van der Waals surface area contributed by atoms with Gasteiger partial charge in [0.15, 0.2) is 0 Å². The van der Waals surface area contributed by atoms with Gasteiger partial charge in [-0.2, -0.15) is 0 Å². The minimum absolute atomic E-state index is 0.183. The topological polar surface area (TPSA) is 76.2 Å². The average Bonchev–Trinajstić information content (AvgIpc) is 3.19. The van der Waals surface area contributed by atoms with Gasteiger partial charge in [-0.05, 0) is 30.7 Å². The molecular weight excluding hydrogens is 342 g/mol. The minimum Gasteiger partial charge on any atom is -0.491 e. The highest BCUT2D eigenvalue weighted by Gasteiger charge is 2.15. The summed E-state index contributed by atoms with van der Waals surface area (Å²) in [4.78, 5) is 20.2. The van der Waals surface area contributed by atoms with Crippen molar-refractivity contribution in [3.8, 4) is 17.0 Å². The summed E-state index contributed by atoms with van der Waals surface area (Å²) in [7, 11) is 1.62. The monoisotopic (exact) mass is 365 g/mol. The fourth-order valence-electron chi connectivity index (χ4n) is 2.64. The summed E-state index contributed by atoms with van der Waals surface area (Å²) < 4.78 is 10.5. The van der Waals surface area contributed by atoms with Crippen LogP contribution in [0.2, 0.25) is 0 Å². The highest BCUT2D eigenvalue weighted by atomic mass is 16.5. The standard InChI is InChI=1S/C21H23N3O3/c1-15(20-22-14-19(24-20)16-7-4-3-5-8-16)23-21(25)17-9-6-10-18(13-17)27-12-11-26-2/h3-10,13-15H,11-12H2,1-2H3,(H,22,24)(H,23,25). The van der Waals surface area contributed by atoms with Gasteiger partial charge >= 0.3 is 0 Å². The zero-order valence-electron chi connectivity index (χ0n) is 15.4. The number of methoxy groups -OCH3 is 1. The lowest BCUT2D eigenvalue weighted by atomic mass is 10.2. The smallest absolute Gasteiger partial charge is 0.251 e. The van der Waals surface area contributed by atoms with E-state index in [0.29, 0.717) is 30.4 Å². The molecule has 0 aliphatic heterocycles. The number of rotatable bonds is 8. The lowest BCUT2D eigenvalue weighted by molar-refractivity contribution is 0.0937. The van der Waals surface area contributed by atoms with Crippen LogP contribution in [0, 0.1) is 0 Å². The number of aromatic nitrogens is 2. The molecule has 2 aromatic carbocycles. The van der Waals surface area contributed by atoms with Gasteiger partial charge in [0.2, 0.25) is 0 Å². The molecule has 2 N–H and O–H groups in total. The zero-order valence-corrected chi connectivity index (χ0v) is 15.4. The lowest BCUT2D eigenvalue weighted by Crippen LogP contribution is -2.27. The fourth-order valence-corrected chi connectivity index (χ4v) is 2.64. The molecule has 1 aromatic heterocycles. The van der Waals surface area contributed by atoms with Crippen molar-refractivity contribution in [1.82, 2.24) is 15.3 Å². The first-order chi connectivity index (χ1) is 13.2. The molecule has 0 bridgehead atoms. The molecule has 0 spiro atoms. The predicted octanol–water partition coefficient (Wildman–Crippen LogP) is 3.59. The largest absolute Gasteiger partial charge is 0.491 e. The van der Waals surface area contributed by atoms with E-state index < -0.39 is 0 Å². The second-order valence-corrected chi connectivity index (χ2v) is 6.11. The van der Waals surface area contributed by atoms with Crippen LogP contribution in [0.3, 0.4) is 0 Å². The van der Waals surface area contributed by atoms with Crippen LogP contribution in [0.15, 0.2) is 60.8 Å². The van der Waals surface area contributed by atoms with Gasteiger partial charge in [0.1, 0.15) is 18.2 Å². The van der Waals surface area contributed by atoms with Gasteiger partial charge in [-0.1, -0.05) is 36.4 Å². The fraction of sp³-hybridized carbons (Fsp3) is 0.238. The summed E-state index contributed by atoms with van der Waals surface area (Å²) in [5.41, 5.74) is 2.50. The number of hydrogen-bond acceptors (Lipinski definition) is 4. The Morgan fingerprint density at radius 1 is 1.15 bits per heavy atom. The normalized spacial score (nSPS) is 11.8. The van der Waals surface area contributed by atoms with E-state index >= 15 is 0 Å². The average molecular weight is 365 g/mol. The van der Waals surface area contributed by atoms with Gasteiger partial charge in [-0.25, -0.2) is 4.98 Å². The third kappa shape index (κ3) is 4.95. The Labute approximate surface area is 158 Å². The molecule has 1 atom stereocenters. The Morgan fingerprint density at radius 2 is 1.96 bits per heavy atom. The molecule has 0 aliphatic rings. The van der Waals surface area contributed by atoms with Crippen LogP contribution in [0.4, 0.5) is 0 Å².